The van der Waals surface area contributed by atoms with Gasteiger partial charge in [-0.05, 0) is 31.2 Å². The van der Waals surface area contributed by atoms with E-state index >= 15 is 0 Å². The van der Waals surface area contributed by atoms with Gasteiger partial charge in [0.2, 0.25) is 10.0 Å². The maximum Gasteiger partial charge on any atom is 0.260 e. The summed E-state index contributed by atoms with van der Waals surface area (Å²) in [5.74, 6) is -1.52. The van der Waals surface area contributed by atoms with Crippen molar-refractivity contribution in [1.29, 1.82) is 0 Å². The fourth-order valence-corrected chi connectivity index (χ4v) is 3.94. The molecule has 3 aromatic rings. The summed E-state index contributed by atoms with van der Waals surface area (Å²) in [6, 6.07) is 14.6. The molecule has 162 valence electrons. The van der Waals surface area contributed by atoms with Crippen molar-refractivity contribution in [3.05, 3.63) is 76.8 Å². The summed E-state index contributed by atoms with van der Waals surface area (Å²) >= 11 is 6.19. The van der Waals surface area contributed by atoms with Gasteiger partial charge in [0.15, 0.2) is 5.15 Å². The van der Waals surface area contributed by atoms with Crippen LogP contribution in [0.2, 0.25) is 5.15 Å². The van der Waals surface area contributed by atoms with E-state index in [1.54, 1.807) is 11.6 Å². The molecular weight excluding hydrogens is 445 g/mol. The fourth-order valence-electron chi connectivity index (χ4n) is 2.82. The lowest BCUT2D eigenvalue weighted by atomic mass is 10.2. The Morgan fingerprint density at radius 3 is 2.52 bits per heavy atom. The van der Waals surface area contributed by atoms with Gasteiger partial charge in [0.05, 0.1) is 35.1 Å². The van der Waals surface area contributed by atoms with E-state index in [1.165, 1.54) is 24.4 Å². The Morgan fingerprint density at radius 2 is 1.87 bits per heavy atom. The summed E-state index contributed by atoms with van der Waals surface area (Å²) in [6.07, 6.45) is 2.20. The molecule has 0 bridgehead atoms. The molecule has 0 fully saturated rings. The molecule has 0 radical (unpaired) electrons. The van der Waals surface area contributed by atoms with Gasteiger partial charge >= 0.3 is 0 Å². The molecule has 11 heteroatoms. The van der Waals surface area contributed by atoms with E-state index in [2.05, 4.69) is 15.6 Å². The highest BCUT2D eigenvalue weighted by molar-refractivity contribution is 7.92. The zero-order valence-electron chi connectivity index (χ0n) is 16.7. The molecule has 0 aliphatic carbocycles. The smallest absolute Gasteiger partial charge is 0.260 e. The second-order valence-corrected chi connectivity index (χ2v) is 8.82. The Labute approximate surface area is 184 Å². The van der Waals surface area contributed by atoms with Crippen molar-refractivity contribution in [3.8, 4) is 5.69 Å². The van der Waals surface area contributed by atoms with Gasteiger partial charge < -0.3 is 0 Å². The van der Waals surface area contributed by atoms with Crippen molar-refractivity contribution in [2.45, 2.75) is 6.92 Å². The molecule has 1 amide bonds. The molecule has 1 aromatic heterocycles. The molecule has 0 spiro atoms. The molecule has 0 saturated carbocycles. The summed E-state index contributed by atoms with van der Waals surface area (Å²) in [5.41, 5.74) is 3.99. The van der Waals surface area contributed by atoms with Crippen molar-refractivity contribution in [2.75, 3.05) is 17.1 Å². The lowest BCUT2D eigenvalue weighted by molar-refractivity contribution is -0.119. The highest BCUT2D eigenvalue weighted by Crippen LogP contribution is 2.22. The molecular formula is C20H19ClFN5O3S. The molecule has 1 heterocycles. The third kappa shape index (κ3) is 5.28. The third-order valence-electron chi connectivity index (χ3n) is 4.31. The summed E-state index contributed by atoms with van der Waals surface area (Å²) in [4.78, 5) is 12.3. The normalized spacial score (nSPS) is 11.6. The zero-order valence-corrected chi connectivity index (χ0v) is 18.2. The van der Waals surface area contributed by atoms with E-state index in [1.807, 2.05) is 30.3 Å². The fraction of sp³-hybridized carbons (Fsp3) is 0.150. The van der Waals surface area contributed by atoms with Crippen LogP contribution in [0.5, 0.6) is 0 Å². The van der Waals surface area contributed by atoms with E-state index in [-0.39, 0.29) is 10.8 Å². The monoisotopic (exact) mass is 463 g/mol. The van der Waals surface area contributed by atoms with Crippen LogP contribution < -0.4 is 9.73 Å². The van der Waals surface area contributed by atoms with Gasteiger partial charge in [-0.25, -0.2) is 22.9 Å². The van der Waals surface area contributed by atoms with Gasteiger partial charge in [-0.3, -0.25) is 9.10 Å². The Kier molecular flexibility index (Phi) is 6.71. The number of sulfonamides is 1. The first-order chi connectivity index (χ1) is 14.7. The van der Waals surface area contributed by atoms with E-state index in [4.69, 9.17) is 11.6 Å². The molecule has 1 N–H and O–H groups in total. The number of halogens is 2. The molecule has 31 heavy (non-hydrogen) atoms. The average Bonchev–Trinajstić information content (AvgIpc) is 3.01. The number of amides is 1. The maximum atomic E-state index is 14.0. The molecule has 0 saturated heterocycles. The van der Waals surface area contributed by atoms with Crippen LogP contribution in [-0.4, -0.2) is 43.1 Å². The lowest BCUT2D eigenvalue weighted by Crippen LogP contribution is -2.39. The van der Waals surface area contributed by atoms with E-state index in [0.717, 1.165) is 18.0 Å². The first-order valence-electron chi connectivity index (χ1n) is 9.03. The molecule has 2 aromatic carbocycles. The predicted octanol–water partition coefficient (Wildman–Crippen LogP) is 2.89. The minimum Gasteiger partial charge on any atom is -0.271 e. The lowest BCUT2D eigenvalue weighted by Gasteiger charge is -2.21. The number of rotatable bonds is 7. The molecule has 0 unspecified atom stereocenters. The van der Waals surface area contributed by atoms with Crippen molar-refractivity contribution in [2.24, 2.45) is 5.10 Å². The van der Waals surface area contributed by atoms with Gasteiger partial charge in [-0.15, -0.1) is 0 Å². The SMILES string of the molecule is Cc1c(/C=N\NC(=O)CN(c2ccccc2F)S(C)(=O)=O)c(Cl)nn1-c1ccccc1. The number of benzene rings is 2. The molecule has 0 aliphatic heterocycles. The number of hydrazone groups is 1. The standard InChI is InChI=1S/C20H19ClFN5O3S/c1-14-16(20(21)25-27(14)15-8-4-3-5-9-15)12-23-24-19(28)13-26(31(2,29)30)18-11-7-6-10-17(18)22/h3-12H,13H2,1-2H3,(H,24,28)/b23-12-. The number of carbonyl (C=O) groups excluding carboxylic acids is 1. The molecule has 8 nitrogen and oxygen atoms in total. The minimum absolute atomic E-state index is 0.184. The second kappa shape index (κ2) is 9.27. The number of aromatic nitrogens is 2. The topological polar surface area (TPSA) is 96.7 Å². The Bertz CT molecular complexity index is 1230. The van der Waals surface area contributed by atoms with Crippen LogP contribution in [0.4, 0.5) is 10.1 Å². The van der Waals surface area contributed by atoms with Crippen molar-refractivity contribution < 1.29 is 17.6 Å². The summed E-state index contributed by atoms with van der Waals surface area (Å²) in [5, 5.41) is 8.28. The Hall–Kier alpha value is -3.24. The predicted molar refractivity (Wildman–Crippen MR) is 118 cm³/mol. The van der Waals surface area contributed by atoms with Crippen LogP contribution in [0, 0.1) is 12.7 Å². The average molecular weight is 464 g/mol. The summed E-state index contributed by atoms with van der Waals surface area (Å²) < 4.78 is 40.4. The number of nitrogens with zero attached hydrogens (tertiary/aromatic N) is 4. The van der Waals surface area contributed by atoms with Gasteiger partial charge in [0.1, 0.15) is 12.4 Å². The molecule has 0 atom stereocenters. The largest absolute Gasteiger partial charge is 0.271 e. The zero-order chi connectivity index (χ0) is 22.6. The molecule has 0 aliphatic rings. The number of para-hydroxylation sites is 2. The highest BCUT2D eigenvalue weighted by atomic mass is 35.5. The first kappa shape index (κ1) is 22.4. The Morgan fingerprint density at radius 1 is 1.23 bits per heavy atom. The highest BCUT2D eigenvalue weighted by Gasteiger charge is 2.23. The van der Waals surface area contributed by atoms with Crippen LogP contribution in [0.15, 0.2) is 59.7 Å². The van der Waals surface area contributed by atoms with Crippen LogP contribution in [-0.2, 0) is 14.8 Å². The first-order valence-corrected chi connectivity index (χ1v) is 11.3. The van der Waals surface area contributed by atoms with Crippen molar-refractivity contribution in [1.82, 2.24) is 15.2 Å². The van der Waals surface area contributed by atoms with Crippen LogP contribution in [0.1, 0.15) is 11.3 Å². The van der Waals surface area contributed by atoms with Gasteiger partial charge in [0, 0.05) is 0 Å². The molecule has 3 rings (SSSR count). The Balaban J connectivity index is 1.75. The van der Waals surface area contributed by atoms with Crippen LogP contribution in [0.25, 0.3) is 5.69 Å². The van der Waals surface area contributed by atoms with E-state index in [0.29, 0.717) is 15.6 Å². The maximum absolute atomic E-state index is 14.0. The summed E-state index contributed by atoms with van der Waals surface area (Å²) in [6.45, 7) is 1.14. The number of nitrogens with one attached hydrogen (secondary N) is 1. The second-order valence-electron chi connectivity index (χ2n) is 6.55. The number of hydrogen-bond acceptors (Lipinski definition) is 5. The number of anilines is 1. The van der Waals surface area contributed by atoms with Gasteiger partial charge in [-0.2, -0.15) is 10.2 Å². The van der Waals surface area contributed by atoms with Crippen LogP contribution >= 0.6 is 11.6 Å². The van der Waals surface area contributed by atoms with Crippen molar-refractivity contribution in [3.63, 3.8) is 0 Å². The quantitative estimate of drug-likeness (QED) is 0.430. The summed E-state index contributed by atoms with van der Waals surface area (Å²) in [7, 11) is -3.91. The van der Waals surface area contributed by atoms with Crippen LogP contribution in [0.3, 0.4) is 0 Å². The van der Waals surface area contributed by atoms with E-state index in [9.17, 15) is 17.6 Å². The van der Waals surface area contributed by atoms with Gasteiger partial charge in [0.25, 0.3) is 5.91 Å². The van der Waals surface area contributed by atoms with E-state index < -0.39 is 28.3 Å². The minimum atomic E-state index is -3.91. The number of hydrogen-bond donors (Lipinski definition) is 1. The van der Waals surface area contributed by atoms with Crippen molar-refractivity contribution >= 4 is 39.4 Å². The third-order valence-corrected chi connectivity index (χ3v) is 5.72. The number of carbonyl (C=O) groups is 1. The van der Waals surface area contributed by atoms with Gasteiger partial charge in [-0.1, -0.05) is 41.9 Å².